The van der Waals surface area contributed by atoms with Crippen LogP contribution < -0.4 is 10.1 Å². The van der Waals surface area contributed by atoms with E-state index in [2.05, 4.69) is 10.3 Å². The van der Waals surface area contributed by atoms with Gasteiger partial charge in [-0.15, -0.1) is 0 Å². The SMILES string of the molecule is COc1nc(C(=O)/C(F)=C\N(C)C)c(NC(=O)OC(C)(C)C)cc1F. The van der Waals surface area contributed by atoms with Gasteiger partial charge in [0.15, 0.2) is 11.6 Å². The molecule has 1 aromatic rings. The lowest BCUT2D eigenvalue weighted by atomic mass is 10.2. The van der Waals surface area contributed by atoms with Crippen LogP contribution in [0.2, 0.25) is 0 Å². The van der Waals surface area contributed by atoms with Gasteiger partial charge in [0.2, 0.25) is 5.78 Å². The molecule has 9 heteroatoms. The number of ketones is 1. The molecule has 0 bridgehead atoms. The van der Waals surface area contributed by atoms with Crippen LogP contribution in [-0.4, -0.2) is 48.6 Å². The minimum atomic E-state index is -1.14. The highest BCUT2D eigenvalue weighted by molar-refractivity contribution is 6.10. The van der Waals surface area contributed by atoms with Crippen LogP contribution in [0.5, 0.6) is 5.88 Å². The molecule has 0 saturated heterocycles. The molecule has 0 saturated carbocycles. The Morgan fingerprint density at radius 3 is 2.40 bits per heavy atom. The third-order valence-electron chi connectivity index (χ3n) is 2.58. The summed E-state index contributed by atoms with van der Waals surface area (Å²) in [6, 6.07) is 0.811. The maximum absolute atomic E-state index is 14.0. The Labute approximate surface area is 144 Å². The normalized spacial score (nSPS) is 11.8. The molecule has 1 aromatic heterocycles. The average molecular weight is 357 g/mol. The Bertz CT molecular complexity index is 697. The van der Waals surface area contributed by atoms with E-state index >= 15 is 0 Å². The molecule has 0 atom stereocenters. The Morgan fingerprint density at radius 2 is 1.92 bits per heavy atom. The predicted molar refractivity (Wildman–Crippen MR) is 87.8 cm³/mol. The second kappa shape index (κ2) is 7.91. The molecule has 0 unspecified atom stereocenters. The fraction of sp³-hybridized carbons (Fsp3) is 0.438. The lowest BCUT2D eigenvalue weighted by molar-refractivity contribution is 0.0635. The van der Waals surface area contributed by atoms with Crippen LogP contribution in [0.25, 0.3) is 0 Å². The van der Waals surface area contributed by atoms with Crippen molar-refractivity contribution in [3.63, 3.8) is 0 Å². The first-order valence-electron chi connectivity index (χ1n) is 7.27. The van der Waals surface area contributed by atoms with E-state index in [1.807, 2.05) is 0 Å². The lowest BCUT2D eigenvalue weighted by Crippen LogP contribution is -2.28. The van der Waals surface area contributed by atoms with Crippen molar-refractivity contribution in [2.24, 2.45) is 0 Å². The van der Waals surface area contributed by atoms with E-state index in [1.54, 1.807) is 20.8 Å². The summed E-state index contributed by atoms with van der Waals surface area (Å²) in [5, 5.41) is 2.20. The van der Waals surface area contributed by atoms with Crippen molar-refractivity contribution in [3.05, 3.63) is 29.6 Å². The van der Waals surface area contributed by atoms with Gasteiger partial charge in [-0.1, -0.05) is 0 Å². The first-order valence-corrected chi connectivity index (χ1v) is 7.27. The molecule has 1 rings (SSSR count). The quantitative estimate of drug-likeness (QED) is 0.644. The van der Waals surface area contributed by atoms with Gasteiger partial charge in [-0.25, -0.2) is 18.6 Å². The minimum absolute atomic E-state index is 0.333. The zero-order chi connectivity index (χ0) is 19.4. The fourth-order valence-electron chi connectivity index (χ4n) is 1.70. The van der Waals surface area contributed by atoms with Gasteiger partial charge >= 0.3 is 6.09 Å². The van der Waals surface area contributed by atoms with Gasteiger partial charge in [0.05, 0.1) is 12.8 Å². The molecule has 1 N–H and O–H groups in total. The third kappa shape index (κ3) is 6.02. The molecule has 0 aliphatic carbocycles. The molecule has 0 aliphatic rings. The van der Waals surface area contributed by atoms with E-state index in [4.69, 9.17) is 9.47 Å². The van der Waals surface area contributed by atoms with Gasteiger partial charge < -0.3 is 14.4 Å². The van der Waals surface area contributed by atoms with Crippen molar-refractivity contribution >= 4 is 17.6 Å². The molecule has 1 amide bonds. The summed E-state index contributed by atoms with van der Waals surface area (Å²) in [6.07, 6.45) is -0.0122. The summed E-state index contributed by atoms with van der Waals surface area (Å²) in [7, 11) is 4.18. The number of pyridine rings is 1. The molecule has 0 aromatic carbocycles. The summed E-state index contributed by atoms with van der Waals surface area (Å²) < 4.78 is 37.6. The number of halogens is 2. The number of allylic oxidation sites excluding steroid dienone is 1. The zero-order valence-corrected chi connectivity index (χ0v) is 14.9. The fourth-order valence-corrected chi connectivity index (χ4v) is 1.70. The van der Waals surface area contributed by atoms with Gasteiger partial charge in [-0.2, -0.15) is 0 Å². The van der Waals surface area contributed by atoms with Gasteiger partial charge in [-0.3, -0.25) is 10.1 Å². The first kappa shape index (κ1) is 20.3. The monoisotopic (exact) mass is 357 g/mol. The molecule has 0 radical (unpaired) electrons. The van der Waals surface area contributed by atoms with E-state index in [0.29, 0.717) is 0 Å². The molecule has 1 heterocycles. The van der Waals surface area contributed by atoms with E-state index in [9.17, 15) is 18.4 Å². The number of rotatable bonds is 5. The summed E-state index contributed by atoms with van der Waals surface area (Å²) in [5.74, 6) is -3.71. The van der Waals surface area contributed by atoms with Crippen molar-refractivity contribution in [2.75, 3.05) is 26.5 Å². The average Bonchev–Trinajstić information content (AvgIpc) is 2.44. The maximum atomic E-state index is 14.0. The summed E-state index contributed by atoms with van der Waals surface area (Å²) in [4.78, 5) is 29.1. The largest absolute Gasteiger partial charge is 0.479 e. The van der Waals surface area contributed by atoms with E-state index in [1.165, 1.54) is 19.0 Å². The van der Waals surface area contributed by atoms with Crippen LogP contribution in [0.1, 0.15) is 31.3 Å². The van der Waals surface area contributed by atoms with Crippen LogP contribution in [0.3, 0.4) is 0 Å². The number of nitrogens with one attached hydrogen (secondary N) is 1. The lowest BCUT2D eigenvalue weighted by Gasteiger charge is -2.20. The van der Waals surface area contributed by atoms with Crippen LogP contribution in [0.15, 0.2) is 18.1 Å². The molecule has 7 nitrogen and oxygen atoms in total. The molecule has 25 heavy (non-hydrogen) atoms. The van der Waals surface area contributed by atoms with E-state index in [0.717, 1.165) is 19.4 Å². The molecular formula is C16H21F2N3O4. The van der Waals surface area contributed by atoms with Crippen LogP contribution in [-0.2, 0) is 4.74 Å². The van der Waals surface area contributed by atoms with Gasteiger partial charge in [0, 0.05) is 26.4 Å². The summed E-state index contributed by atoms with van der Waals surface area (Å²) >= 11 is 0. The van der Waals surface area contributed by atoms with E-state index in [-0.39, 0.29) is 5.69 Å². The molecule has 0 spiro atoms. The molecular weight excluding hydrogens is 336 g/mol. The minimum Gasteiger partial charge on any atom is -0.479 e. The molecule has 138 valence electrons. The Morgan fingerprint density at radius 1 is 1.32 bits per heavy atom. The van der Waals surface area contributed by atoms with Gasteiger partial charge in [0.25, 0.3) is 5.88 Å². The number of nitrogens with zero attached hydrogens (tertiary/aromatic N) is 2. The predicted octanol–water partition coefficient (Wildman–Crippen LogP) is 3.13. The van der Waals surface area contributed by atoms with Crippen molar-refractivity contribution in [1.29, 1.82) is 0 Å². The van der Waals surface area contributed by atoms with Gasteiger partial charge in [0.1, 0.15) is 11.3 Å². The number of Topliss-reactive ketones (excluding diaryl/α,β-unsaturated/α-hetero) is 1. The highest BCUT2D eigenvalue weighted by atomic mass is 19.1. The number of amides is 1. The molecule has 0 aliphatic heterocycles. The number of carbonyl (C=O) groups excluding carboxylic acids is 2. The Balaban J connectivity index is 3.30. The number of ether oxygens (including phenoxy) is 2. The number of hydrogen-bond donors (Lipinski definition) is 1. The number of hydrogen-bond acceptors (Lipinski definition) is 6. The van der Waals surface area contributed by atoms with Crippen molar-refractivity contribution < 1.29 is 27.8 Å². The maximum Gasteiger partial charge on any atom is 0.412 e. The van der Waals surface area contributed by atoms with Crippen LogP contribution in [0.4, 0.5) is 19.3 Å². The van der Waals surface area contributed by atoms with Crippen LogP contribution >= 0.6 is 0 Å². The second-order valence-corrected chi connectivity index (χ2v) is 6.27. The van der Waals surface area contributed by atoms with E-state index < -0.39 is 40.7 Å². The molecule has 0 fully saturated rings. The second-order valence-electron chi connectivity index (χ2n) is 6.27. The number of anilines is 1. The zero-order valence-electron chi connectivity index (χ0n) is 14.9. The van der Waals surface area contributed by atoms with Crippen molar-refractivity contribution in [1.82, 2.24) is 9.88 Å². The Hall–Kier alpha value is -2.71. The van der Waals surface area contributed by atoms with Crippen molar-refractivity contribution in [3.8, 4) is 5.88 Å². The third-order valence-corrected chi connectivity index (χ3v) is 2.58. The highest BCUT2D eigenvalue weighted by Crippen LogP contribution is 2.25. The number of aromatic nitrogens is 1. The Kier molecular flexibility index (Phi) is 6.43. The number of carbonyl (C=O) groups is 2. The topological polar surface area (TPSA) is 80.8 Å². The van der Waals surface area contributed by atoms with Gasteiger partial charge in [-0.05, 0) is 20.8 Å². The first-order chi connectivity index (χ1) is 11.4. The summed E-state index contributed by atoms with van der Waals surface area (Å²) in [6.45, 7) is 4.89. The smallest absolute Gasteiger partial charge is 0.412 e. The van der Waals surface area contributed by atoms with Crippen LogP contribution in [0, 0.1) is 5.82 Å². The standard InChI is InChI=1S/C16H21F2N3O4/c1-16(2,3)25-15(23)19-11-7-9(17)14(24-6)20-12(11)13(22)10(18)8-21(4)5/h7-8H,1-6H3,(H,19,23)/b10-8+. The number of methoxy groups -OCH3 is 1. The highest BCUT2D eigenvalue weighted by Gasteiger charge is 2.25. The van der Waals surface area contributed by atoms with Crippen molar-refractivity contribution in [2.45, 2.75) is 26.4 Å². The summed E-state index contributed by atoms with van der Waals surface area (Å²) in [5.41, 5.74) is -1.66.